The highest BCUT2D eigenvalue weighted by molar-refractivity contribution is 5.67. The van der Waals surface area contributed by atoms with Gasteiger partial charge in [0.2, 0.25) is 0 Å². The first kappa shape index (κ1) is 13.4. The van der Waals surface area contributed by atoms with Crippen LogP contribution in [0.1, 0.15) is 5.56 Å². The first-order valence-corrected chi connectivity index (χ1v) is 6.57. The molecule has 2 aromatic carbocycles. The summed E-state index contributed by atoms with van der Waals surface area (Å²) in [6.45, 7) is 0.450. The van der Waals surface area contributed by atoms with Gasteiger partial charge in [0.1, 0.15) is 11.6 Å². The second-order valence-corrected chi connectivity index (χ2v) is 5.05. The highest BCUT2D eigenvalue weighted by atomic mass is 19.1. The number of rotatable bonds is 3. The molecule has 0 aliphatic carbocycles. The Hall–Kier alpha value is -2.56. The third-order valence-corrected chi connectivity index (χ3v) is 3.59. The van der Waals surface area contributed by atoms with E-state index in [-0.39, 0.29) is 18.9 Å². The Morgan fingerprint density at radius 1 is 1.10 bits per heavy atom. The average Bonchev–Trinajstić information content (AvgIpc) is 2.44. The number of likely N-dealkylation sites (tertiary alicyclic amines) is 1. The van der Waals surface area contributed by atoms with Gasteiger partial charge in [0.15, 0.2) is 5.60 Å². The fourth-order valence-electron chi connectivity index (χ4n) is 2.48. The van der Waals surface area contributed by atoms with Gasteiger partial charge in [-0.1, -0.05) is 30.3 Å². The Labute approximate surface area is 121 Å². The van der Waals surface area contributed by atoms with Crippen LogP contribution in [0.4, 0.5) is 9.18 Å². The van der Waals surface area contributed by atoms with E-state index in [1.165, 1.54) is 17.0 Å². The summed E-state index contributed by atoms with van der Waals surface area (Å²) >= 11 is 0. The molecule has 0 bridgehead atoms. The normalized spacial score (nSPS) is 16.1. The van der Waals surface area contributed by atoms with Crippen molar-refractivity contribution < 1.29 is 19.0 Å². The molecule has 0 atom stereocenters. The Morgan fingerprint density at radius 2 is 1.71 bits per heavy atom. The van der Waals surface area contributed by atoms with Crippen LogP contribution in [0, 0.1) is 5.82 Å². The maximum atomic E-state index is 13.1. The van der Waals surface area contributed by atoms with Crippen molar-refractivity contribution in [3.8, 4) is 5.75 Å². The molecule has 0 unspecified atom stereocenters. The fourth-order valence-corrected chi connectivity index (χ4v) is 2.48. The molecule has 1 aliphatic rings. The summed E-state index contributed by atoms with van der Waals surface area (Å²) in [7, 11) is 0. The predicted octanol–water partition coefficient (Wildman–Crippen LogP) is 3.09. The number of hydrogen-bond donors (Lipinski definition) is 1. The molecule has 1 heterocycles. The first-order valence-electron chi connectivity index (χ1n) is 6.57. The molecule has 1 saturated heterocycles. The number of amides is 1. The molecule has 0 saturated carbocycles. The number of halogens is 1. The standard InChI is InChI=1S/C16H14FNO3/c17-13-8-6-12(7-9-13)16(10-18(11-16)15(19)20)21-14-4-2-1-3-5-14/h1-9H,10-11H2,(H,19,20). The van der Waals surface area contributed by atoms with Crippen molar-refractivity contribution in [3.63, 3.8) is 0 Å². The fraction of sp³-hybridized carbons (Fsp3) is 0.188. The lowest BCUT2D eigenvalue weighted by atomic mass is 9.86. The molecule has 1 fully saturated rings. The summed E-state index contributed by atoms with van der Waals surface area (Å²) < 4.78 is 19.1. The summed E-state index contributed by atoms with van der Waals surface area (Å²) in [5.74, 6) is 0.329. The Bertz CT molecular complexity index is 636. The topological polar surface area (TPSA) is 49.8 Å². The van der Waals surface area contributed by atoms with Crippen LogP contribution in [0.3, 0.4) is 0 Å². The Morgan fingerprint density at radius 3 is 2.29 bits per heavy atom. The third kappa shape index (κ3) is 2.54. The number of benzene rings is 2. The van der Waals surface area contributed by atoms with Crippen molar-refractivity contribution in [3.05, 3.63) is 66.0 Å². The van der Waals surface area contributed by atoms with Gasteiger partial charge in [-0.3, -0.25) is 4.90 Å². The molecule has 0 aromatic heterocycles. The number of hydrogen-bond acceptors (Lipinski definition) is 2. The lowest BCUT2D eigenvalue weighted by Crippen LogP contribution is -2.63. The summed E-state index contributed by atoms with van der Waals surface area (Å²) in [4.78, 5) is 12.3. The van der Waals surface area contributed by atoms with Crippen LogP contribution in [-0.4, -0.2) is 29.2 Å². The predicted molar refractivity (Wildman–Crippen MR) is 74.7 cm³/mol. The lowest BCUT2D eigenvalue weighted by Gasteiger charge is -2.48. The van der Waals surface area contributed by atoms with Gasteiger partial charge in [0.05, 0.1) is 13.1 Å². The maximum absolute atomic E-state index is 13.1. The van der Waals surface area contributed by atoms with Crippen molar-refractivity contribution in [1.29, 1.82) is 0 Å². The van der Waals surface area contributed by atoms with Gasteiger partial charge in [0, 0.05) is 0 Å². The summed E-state index contributed by atoms with van der Waals surface area (Å²) in [5, 5.41) is 9.03. The third-order valence-electron chi connectivity index (χ3n) is 3.59. The minimum atomic E-state index is -0.982. The van der Waals surface area contributed by atoms with Crippen LogP contribution < -0.4 is 4.74 Å². The van der Waals surface area contributed by atoms with Gasteiger partial charge in [-0.05, 0) is 29.8 Å². The molecule has 1 amide bonds. The van der Waals surface area contributed by atoms with E-state index in [0.29, 0.717) is 5.75 Å². The highest BCUT2D eigenvalue weighted by Crippen LogP contribution is 2.37. The molecule has 108 valence electrons. The Kier molecular flexibility index (Phi) is 3.25. The SMILES string of the molecule is O=C(O)N1CC(Oc2ccccc2)(c2ccc(F)cc2)C1. The highest BCUT2D eigenvalue weighted by Gasteiger charge is 2.49. The maximum Gasteiger partial charge on any atom is 0.407 e. The van der Waals surface area contributed by atoms with E-state index >= 15 is 0 Å². The van der Waals surface area contributed by atoms with Crippen LogP contribution >= 0.6 is 0 Å². The Balaban J connectivity index is 1.89. The lowest BCUT2D eigenvalue weighted by molar-refractivity contribution is -0.0694. The van der Waals surface area contributed by atoms with Crippen molar-refractivity contribution in [2.75, 3.05) is 13.1 Å². The van der Waals surface area contributed by atoms with Crippen molar-refractivity contribution in [2.45, 2.75) is 5.60 Å². The quantitative estimate of drug-likeness (QED) is 0.943. The second-order valence-electron chi connectivity index (χ2n) is 5.05. The van der Waals surface area contributed by atoms with Crippen LogP contribution in [0.25, 0.3) is 0 Å². The largest absolute Gasteiger partial charge is 0.479 e. The van der Waals surface area contributed by atoms with Gasteiger partial charge < -0.3 is 9.84 Å². The van der Waals surface area contributed by atoms with Crippen LogP contribution in [0.2, 0.25) is 0 Å². The monoisotopic (exact) mass is 287 g/mol. The van der Waals surface area contributed by atoms with E-state index in [9.17, 15) is 9.18 Å². The van der Waals surface area contributed by atoms with E-state index in [1.807, 2.05) is 30.3 Å². The van der Waals surface area contributed by atoms with Crippen LogP contribution in [0.5, 0.6) is 5.75 Å². The van der Waals surface area contributed by atoms with Crippen molar-refractivity contribution >= 4 is 6.09 Å². The summed E-state index contributed by atoms with van der Waals surface area (Å²) in [6, 6.07) is 15.2. The second kappa shape index (κ2) is 5.09. The van der Waals surface area contributed by atoms with Crippen LogP contribution in [0.15, 0.2) is 54.6 Å². The van der Waals surface area contributed by atoms with Gasteiger partial charge in [-0.2, -0.15) is 0 Å². The first-order chi connectivity index (χ1) is 10.1. The number of para-hydroxylation sites is 1. The molecule has 21 heavy (non-hydrogen) atoms. The zero-order chi connectivity index (χ0) is 14.9. The zero-order valence-corrected chi connectivity index (χ0v) is 11.2. The molecule has 2 aromatic rings. The number of nitrogens with zero attached hydrogens (tertiary/aromatic N) is 1. The zero-order valence-electron chi connectivity index (χ0n) is 11.2. The molecule has 3 rings (SSSR count). The summed E-state index contributed by atoms with van der Waals surface area (Å²) in [6.07, 6.45) is -0.982. The molecule has 4 nitrogen and oxygen atoms in total. The molecule has 1 N–H and O–H groups in total. The summed E-state index contributed by atoms with van der Waals surface area (Å²) in [5.41, 5.74) is 0.0122. The van der Waals surface area contributed by atoms with E-state index in [2.05, 4.69) is 0 Å². The van der Waals surface area contributed by atoms with E-state index in [4.69, 9.17) is 9.84 Å². The number of carbonyl (C=O) groups is 1. The number of carboxylic acid groups (broad SMARTS) is 1. The van der Waals surface area contributed by atoms with Crippen LogP contribution in [-0.2, 0) is 5.60 Å². The molecular weight excluding hydrogens is 273 g/mol. The number of ether oxygens (including phenoxy) is 1. The smallest absolute Gasteiger partial charge is 0.407 e. The van der Waals surface area contributed by atoms with Gasteiger partial charge in [-0.15, -0.1) is 0 Å². The van der Waals surface area contributed by atoms with Crippen molar-refractivity contribution in [2.24, 2.45) is 0 Å². The average molecular weight is 287 g/mol. The van der Waals surface area contributed by atoms with Gasteiger partial charge >= 0.3 is 6.09 Å². The van der Waals surface area contributed by atoms with E-state index < -0.39 is 11.7 Å². The molecule has 1 aliphatic heterocycles. The molecule has 0 spiro atoms. The van der Waals surface area contributed by atoms with Gasteiger partial charge in [0.25, 0.3) is 0 Å². The molecule has 5 heteroatoms. The minimum absolute atomic E-state index is 0.225. The van der Waals surface area contributed by atoms with Crippen molar-refractivity contribution in [1.82, 2.24) is 4.90 Å². The van der Waals surface area contributed by atoms with E-state index in [1.54, 1.807) is 12.1 Å². The minimum Gasteiger partial charge on any atom is -0.479 e. The molecule has 0 radical (unpaired) electrons. The molecular formula is C16H14FNO3. The van der Waals surface area contributed by atoms with Gasteiger partial charge in [-0.25, -0.2) is 9.18 Å². The van der Waals surface area contributed by atoms with E-state index in [0.717, 1.165) is 5.56 Å².